The normalized spacial score (nSPS) is 11.5. The van der Waals surface area contributed by atoms with Crippen molar-refractivity contribution >= 4 is 0 Å². The number of rotatable bonds is 5. The van der Waals surface area contributed by atoms with Gasteiger partial charge in [0.15, 0.2) is 5.82 Å². The van der Waals surface area contributed by atoms with Gasteiger partial charge in [0, 0.05) is 11.6 Å². The van der Waals surface area contributed by atoms with Crippen molar-refractivity contribution in [1.82, 2.24) is 25.5 Å². The summed E-state index contributed by atoms with van der Waals surface area (Å²) in [4.78, 5) is 0. The van der Waals surface area contributed by atoms with Crippen LogP contribution in [0.25, 0.3) is 5.69 Å². The molecule has 114 valence electrons. The largest absolute Gasteiger partial charge is 0.497 e. The van der Waals surface area contributed by atoms with Crippen LogP contribution < -0.4 is 14.8 Å². The van der Waals surface area contributed by atoms with Crippen LogP contribution in [0.15, 0.2) is 18.2 Å². The first-order chi connectivity index (χ1) is 9.94. The molecule has 0 unspecified atom stereocenters. The molecule has 0 fully saturated rings. The summed E-state index contributed by atoms with van der Waals surface area (Å²) in [6.45, 7) is 6.82. The predicted molar refractivity (Wildman–Crippen MR) is 78.9 cm³/mol. The molecule has 0 amide bonds. The van der Waals surface area contributed by atoms with Gasteiger partial charge >= 0.3 is 0 Å². The van der Waals surface area contributed by atoms with E-state index in [1.165, 1.54) is 0 Å². The molecule has 21 heavy (non-hydrogen) atoms. The Morgan fingerprint density at radius 3 is 2.57 bits per heavy atom. The van der Waals surface area contributed by atoms with Gasteiger partial charge in [0.25, 0.3) is 0 Å². The van der Waals surface area contributed by atoms with Gasteiger partial charge in [-0.3, -0.25) is 0 Å². The lowest BCUT2D eigenvalue weighted by Gasteiger charge is -2.20. The minimum absolute atomic E-state index is 0.0186. The molecule has 0 atom stereocenters. The number of tetrazole rings is 1. The second-order valence-electron chi connectivity index (χ2n) is 5.65. The fraction of sp³-hybridized carbons (Fsp3) is 0.500. The standard InChI is InChI=1S/C14H21N5O2/c1-14(2,3)15-9-13-16-17-18-19(13)11-8-10(20-4)6-7-12(11)21-5/h6-8,15H,9H2,1-5H3. The zero-order valence-electron chi connectivity index (χ0n) is 13.0. The van der Waals surface area contributed by atoms with Crippen LogP contribution >= 0.6 is 0 Å². The Bertz CT molecular complexity index is 604. The molecule has 1 aromatic heterocycles. The molecule has 2 rings (SSSR count). The quantitative estimate of drug-likeness (QED) is 0.901. The molecule has 7 heteroatoms. The van der Waals surface area contributed by atoms with Gasteiger partial charge in [0.2, 0.25) is 0 Å². The highest BCUT2D eigenvalue weighted by molar-refractivity contribution is 5.51. The summed E-state index contributed by atoms with van der Waals surface area (Å²) in [5.74, 6) is 2.10. The summed E-state index contributed by atoms with van der Waals surface area (Å²) in [5, 5.41) is 15.2. The van der Waals surface area contributed by atoms with Gasteiger partial charge in [-0.1, -0.05) is 0 Å². The Labute approximate surface area is 124 Å². The SMILES string of the molecule is COc1ccc(OC)c(-n2nnnc2CNC(C)(C)C)c1. The first-order valence-corrected chi connectivity index (χ1v) is 6.69. The molecule has 0 aliphatic rings. The number of benzene rings is 1. The van der Waals surface area contributed by atoms with Crippen molar-refractivity contribution in [3.05, 3.63) is 24.0 Å². The third-order valence-electron chi connectivity index (χ3n) is 2.93. The van der Waals surface area contributed by atoms with Crippen LogP contribution in [0.5, 0.6) is 11.5 Å². The Morgan fingerprint density at radius 1 is 1.19 bits per heavy atom. The maximum absolute atomic E-state index is 5.38. The van der Waals surface area contributed by atoms with Crippen LogP contribution in [0.1, 0.15) is 26.6 Å². The average Bonchev–Trinajstić information content (AvgIpc) is 2.92. The maximum Gasteiger partial charge on any atom is 0.170 e. The molecule has 0 radical (unpaired) electrons. The second-order valence-corrected chi connectivity index (χ2v) is 5.65. The average molecular weight is 291 g/mol. The minimum atomic E-state index is -0.0186. The smallest absolute Gasteiger partial charge is 0.170 e. The lowest BCUT2D eigenvalue weighted by molar-refractivity contribution is 0.397. The molecule has 2 aromatic rings. The lowest BCUT2D eigenvalue weighted by Crippen LogP contribution is -2.36. The lowest BCUT2D eigenvalue weighted by atomic mass is 10.1. The number of aromatic nitrogens is 4. The summed E-state index contributed by atoms with van der Waals surface area (Å²) in [6.07, 6.45) is 0. The van der Waals surface area contributed by atoms with Crippen molar-refractivity contribution < 1.29 is 9.47 Å². The van der Waals surface area contributed by atoms with Crippen molar-refractivity contribution in [3.63, 3.8) is 0 Å². The summed E-state index contributed by atoms with van der Waals surface area (Å²) in [5.41, 5.74) is 0.725. The van der Waals surface area contributed by atoms with Crippen LogP contribution in [-0.2, 0) is 6.54 Å². The van der Waals surface area contributed by atoms with Crippen molar-refractivity contribution in [3.8, 4) is 17.2 Å². The van der Waals surface area contributed by atoms with E-state index < -0.39 is 0 Å². The Kier molecular flexibility index (Phi) is 4.42. The van der Waals surface area contributed by atoms with E-state index in [-0.39, 0.29) is 5.54 Å². The Morgan fingerprint density at radius 2 is 1.95 bits per heavy atom. The van der Waals surface area contributed by atoms with Crippen LogP contribution in [0, 0.1) is 0 Å². The molecule has 0 aliphatic carbocycles. The van der Waals surface area contributed by atoms with E-state index in [1.54, 1.807) is 18.9 Å². The van der Waals surface area contributed by atoms with E-state index in [1.807, 2.05) is 18.2 Å². The van der Waals surface area contributed by atoms with E-state index in [4.69, 9.17) is 9.47 Å². The molecule has 1 heterocycles. The van der Waals surface area contributed by atoms with Gasteiger partial charge in [-0.05, 0) is 43.3 Å². The van der Waals surface area contributed by atoms with Crippen LogP contribution in [0.4, 0.5) is 0 Å². The van der Waals surface area contributed by atoms with E-state index in [0.29, 0.717) is 18.1 Å². The maximum atomic E-state index is 5.38. The van der Waals surface area contributed by atoms with E-state index >= 15 is 0 Å². The third kappa shape index (κ3) is 3.69. The van der Waals surface area contributed by atoms with Gasteiger partial charge in [0.1, 0.15) is 17.2 Å². The fourth-order valence-corrected chi connectivity index (χ4v) is 1.81. The number of hydrogen-bond acceptors (Lipinski definition) is 6. The molecule has 1 aromatic carbocycles. The number of nitrogens with zero attached hydrogens (tertiary/aromatic N) is 4. The monoisotopic (exact) mass is 291 g/mol. The molecule has 0 spiro atoms. The van der Waals surface area contributed by atoms with E-state index in [9.17, 15) is 0 Å². The fourth-order valence-electron chi connectivity index (χ4n) is 1.81. The van der Waals surface area contributed by atoms with Gasteiger partial charge < -0.3 is 14.8 Å². The highest BCUT2D eigenvalue weighted by Gasteiger charge is 2.16. The summed E-state index contributed by atoms with van der Waals surface area (Å²) >= 11 is 0. The third-order valence-corrected chi connectivity index (χ3v) is 2.93. The Balaban J connectivity index is 2.36. The second kappa shape index (κ2) is 6.09. The first kappa shape index (κ1) is 15.2. The number of methoxy groups -OCH3 is 2. The molecule has 7 nitrogen and oxygen atoms in total. The molecular formula is C14H21N5O2. The van der Waals surface area contributed by atoms with Crippen LogP contribution in [0.2, 0.25) is 0 Å². The van der Waals surface area contributed by atoms with E-state index in [0.717, 1.165) is 11.4 Å². The highest BCUT2D eigenvalue weighted by atomic mass is 16.5. The van der Waals surface area contributed by atoms with Gasteiger partial charge in [0.05, 0.1) is 20.8 Å². The number of hydrogen-bond donors (Lipinski definition) is 1. The molecule has 0 bridgehead atoms. The summed E-state index contributed by atoms with van der Waals surface area (Å²) in [6, 6.07) is 5.51. The zero-order chi connectivity index (χ0) is 15.5. The Hall–Kier alpha value is -2.15. The van der Waals surface area contributed by atoms with Gasteiger partial charge in [-0.15, -0.1) is 5.10 Å². The van der Waals surface area contributed by atoms with Gasteiger partial charge in [-0.25, -0.2) is 0 Å². The van der Waals surface area contributed by atoms with Crippen molar-refractivity contribution in [2.75, 3.05) is 14.2 Å². The molecular weight excluding hydrogens is 270 g/mol. The highest BCUT2D eigenvalue weighted by Crippen LogP contribution is 2.27. The summed E-state index contributed by atoms with van der Waals surface area (Å²) in [7, 11) is 3.23. The molecule has 0 saturated carbocycles. The van der Waals surface area contributed by atoms with Gasteiger partial charge in [-0.2, -0.15) is 4.68 Å². The van der Waals surface area contributed by atoms with E-state index in [2.05, 4.69) is 41.6 Å². The van der Waals surface area contributed by atoms with Crippen molar-refractivity contribution in [2.45, 2.75) is 32.9 Å². The summed E-state index contributed by atoms with van der Waals surface area (Å²) < 4.78 is 12.3. The van der Waals surface area contributed by atoms with Crippen molar-refractivity contribution in [1.29, 1.82) is 0 Å². The van der Waals surface area contributed by atoms with Crippen LogP contribution in [-0.4, -0.2) is 40.0 Å². The zero-order valence-corrected chi connectivity index (χ0v) is 13.0. The van der Waals surface area contributed by atoms with Crippen LogP contribution in [0.3, 0.4) is 0 Å². The number of ether oxygens (including phenoxy) is 2. The molecule has 0 saturated heterocycles. The molecule has 1 N–H and O–H groups in total. The molecule has 0 aliphatic heterocycles. The topological polar surface area (TPSA) is 74.1 Å². The van der Waals surface area contributed by atoms with Crippen molar-refractivity contribution in [2.24, 2.45) is 0 Å². The minimum Gasteiger partial charge on any atom is -0.497 e. The first-order valence-electron chi connectivity index (χ1n) is 6.69. The predicted octanol–water partition coefficient (Wildman–Crippen LogP) is 1.57. The number of nitrogens with one attached hydrogen (secondary N) is 1.